The van der Waals surface area contributed by atoms with Crippen molar-refractivity contribution in [3.05, 3.63) is 42.4 Å². The van der Waals surface area contributed by atoms with E-state index in [2.05, 4.69) is 16.6 Å². The van der Waals surface area contributed by atoms with Gasteiger partial charge in [-0.25, -0.2) is 0 Å². The van der Waals surface area contributed by atoms with Crippen LogP contribution in [-0.4, -0.2) is 10.7 Å². The smallest absolute Gasteiger partial charge is 0.0445 e. The highest BCUT2D eigenvalue weighted by Gasteiger charge is 1.95. The molecule has 0 aliphatic rings. The van der Waals surface area contributed by atoms with E-state index >= 15 is 0 Å². The highest BCUT2D eigenvalue weighted by Crippen LogP contribution is 2.02. The highest BCUT2D eigenvalue weighted by atomic mass is 14.7. The van der Waals surface area contributed by atoms with Crippen LogP contribution in [0.2, 0.25) is 0 Å². The minimum absolute atomic E-state index is 0.968. The van der Waals surface area contributed by atoms with E-state index in [1.54, 1.807) is 12.4 Å². The van der Waals surface area contributed by atoms with Gasteiger partial charge in [-0.3, -0.25) is 9.98 Å². The molecule has 1 aromatic rings. The van der Waals surface area contributed by atoms with Gasteiger partial charge in [-0.05, 0) is 31.5 Å². The van der Waals surface area contributed by atoms with Crippen LogP contribution in [-0.2, 0) is 0 Å². The van der Waals surface area contributed by atoms with E-state index in [-0.39, 0.29) is 0 Å². The Labute approximate surface area is 86.4 Å². The zero-order chi connectivity index (χ0) is 11.0. The van der Waals surface area contributed by atoms with Gasteiger partial charge in [-0.15, -0.1) is 0 Å². The van der Waals surface area contributed by atoms with Crippen LogP contribution in [0.15, 0.2) is 36.1 Å². The van der Waals surface area contributed by atoms with Crippen molar-refractivity contribution in [2.45, 2.75) is 27.7 Å². The third kappa shape index (κ3) is 3.99. The maximum atomic E-state index is 4.10. The summed E-state index contributed by atoms with van der Waals surface area (Å²) in [4.78, 5) is 8.19. The summed E-state index contributed by atoms with van der Waals surface area (Å²) in [6.07, 6.45) is 3.33. The molecule has 0 aliphatic carbocycles. The Kier molecular flexibility index (Phi) is 6.29. The van der Waals surface area contributed by atoms with E-state index in [4.69, 9.17) is 0 Å². The summed E-state index contributed by atoms with van der Waals surface area (Å²) in [5.41, 5.74) is 3.07. The van der Waals surface area contributed by atoms with Crippen molar-refractivity contribution >= 4 is 5.71 Å². The summed E-state index contributed by atoms with van der Waals surface area (Å²) in [7, 11) is 0. The molecule has 1 aromatic heterocycles. The number of hydrogen-bond donors (Lipinski definition) is 0. The van der Waals surface area contributed by atoms with Gasteiger partial charge in [0, 0.05) is 23.8 Å². The Balaban J connectivity index is 0.000000791. The van der Waals surface area contributed by atoms with Gasteiger partial charge in [0.2, 0.25) is 0 Å². The van der Waals surface area contributed by atoms with E-state index in [0.717, 1.165) is 17.0 Å². The number of rotatable bonds is 2. The van der Waals surface area contributed by atoms with Crippen LogP contribution in [0.3, 0.4) is 0 Å². The van der Waals surface area contributed by atoms with Crippen molar-refractivity contribution in [3.63, 3.8) is 0 Å². The van der Waals surface area contributed by atoms with Gasteiger partial charge in [-0.2, -0.15) is 0 Å². The van der Waals surface area contributed by atoms with Crippen LogP contribution < -0.4 is 0 Å². The first kappa shape index (κ1) is 12.6. The number of aryl methyl sites for hydroxylation is 1. The molecule has 2 heteroatoms. The number of pyridine rings is 1. The average molecular weight is 190 g/mol. The standard InChI is InChI=1S/C10H12N2.C2H6/c1-4-11-9(3)10-5-6-12-8(2)7-10;1-2/h4-7H,1H2,2-3H3;1-2H3. The minimum Gasteiger partial charge on any atom is -0.262 e. The first-order valence-electron chi connectivity index (χ1n) is 4.82. The fourth-order valence-electron chi connectivity index (χ4n) is 0.982. The molecular weight excluding hydrogens is 172 g/mol. The molecule has 0 saturated heterocycles. The lowest BCUT2D eigenvalue weighted by Crippen LogP contribution is -1.94. The molecule has 0 fully saturated rings. The quantitative estimate of drug-likeness (QED) is 0.656. The van der Waals surface area contributed by atoms with E-state index in [1.807, 2.05) is 39.8 Å². The molecule has 1 heterocycles. The van der Waals surface area contributed by atoms with Crippen molar-refractivity contribution in [3.8, 4) is 0 Å². The molecule has 0 unspecified atom stereocenters. The van der Waals surface area contributed by atoms with Crippen LogP contribution in [0.5, 0.6) is 0 Å². The van der Waals surface area contributed by atoms with Gasteiger partial charge in [-0.1, -0.05) is 20.4 Å². The summed E-state index contributed by atoms with van der Waals surface area (Å²) in [5, 5.41) is 0. The topological polar surface area (TPSA) is 25.2 Å². The van der Waals surface area contributed by atoms with E-state index in [0.29, 0.717) is 0 Å². The molecule has 0 aliphatic heterocycles. The summed E-state index contributed by atoms with van der Waals surface area (Å²) in [6, 6.07) is 3.94. The van der Waals surface area contributed by atoms with Crippen molar-refractivity contribution < 1.29 is 0 Å². The maximum Gasteiger partial charge on any atom is 0.0445 e. The maximum absolute atomic E-state index is 4.10. The summed E-state index contributed by atoms with van der Waals surface area (Å²) in [6.45, 7) is 11.5. The number of hydrogen-bond acceptors (Lipinski definition) is 2. The minimum atomic E-state index is 0.968. The predicted molar refractivity (Wildman–Crippen MR) is 62.7 cm³/mol. The molecule has 76 valence electrons. The molecular formula is C12H18N2. The molecule has 0 aromatic carbocycles. The van der Waals surface area contributed by atoms with Crippen LogP contribution in [0.4, 0.5) is 0 Å². The molecule has 0 atom stereocenters. The second-order valence-electron chi connectivity index (χ2n) is 2.58. The molecule has 14 heavy (non-hydrogen) atoms. The van der Waals surface area contributed by atoms with Crippen LogP contribution in [0.1, 0.15) is 32.0 Å². The molecule has 0 spiro atoms. The van der Waals surface area contributed by atoms with Gasteiger partial charge in [0.1, 0.15) is 0 Å². The van der Waals surface area contributed by atoms with Gasteiger partial charge in [0.15, 0.2) is 0 Å². The number of aliphatic imine (C=N–C) groups is 1. The highest BCUT2D eigenvalue weighted by molar-refractivity contribution is 5.98. The van der Waals surface area contributed by atoms with Gasteiger partial charge < -0.3 is 0 Å². The number of nitrogens with zero attached hydrogens (tertiary/aromatic N) is 2. The Morgan fingerprint density at radius 2 is 2.14 bits per heavy atom. The van der Waals surface area contributed by atoms with E-state index < -0.39 is 0 Å². The first-order valence-corrected chi connectivity index (χ1v) is 4.82. The monoisotopic (exact) mass is 190 g/mol. The SMILES string of the molecule is C=CN=C(C)c1ccnc(C)c1.CC. The largest absolute Gasteiger partial charge is 0.262 e. The second kappa shape index (κ2) is 7.01. The average Bonchev–Trinajstić information content (AvgIpc) is 2.21. The molecule has 0 amide bonds. The summed E-state index contributed by atoms with van der Waals surface area (Å²) < 4.78 is 0. The Morgan fingerprint density at radius 1 is 1.50 bits per heavy atom. The normalized spacial score (nSPS) is 10.1. The fourth-order valence-corrected chi connectivity index (χ4v) is 0.982. The Bertz CT molecular complexity index is 314. The molecule has 1 rings (SSSR count). The molecule has 0 radical (unpaired) electrons. The second-order valence-corrected chi connectivity index (χ2v) is 2.58. The van der Waals surface area contributed by atoms with Crippen LogP contribution >= 0.6 is 0 Å². The predicted octanol–water partition coefficient (Wildman–Crippen LogP) is 3.37. The lowest BCUT2D eigenvalue weighted by molar-refractivity contribution is 1.19. The van der Waals surface area contributed by atoms with Crippen LogP contribution in [0.25, 0.3) is 0 Å². The van der Waals surface area contributed by atoms with Gasteiger partial charge >= 0.3 is 0 Å². The zero-order valence-electron chi connectivity index (χ0n) is 9.41. The van der Waals surface area contributed by atoms with Crippen molar-refractivity contribution in [1.82, 2.24) is 4.98 Å². The summed E-state index contributed by atoms with van der Waals surface area (Å²) >= 11 is 0. The van der Waals surface area contributed by atoms with Crippen molar-refractivity contribution in [2.75, 3.05) is 0 Å². The lowest BCUT2D eigenvalue weighted by atomic mass is 10.1. The first-order chi connectivity index (χ1) is 6.74. The number of aromatic nitrogens is 1. The van der Waals surface area contributed by atoms with Crippen molar-refractivity contribution in [1.29, 1.82) is 0 Å². The van der Waals surface area contributed by atoms with Gasteiger partial charge in [0.25, 0.3) is 0 Å². The molecule has 2 nitrogen and oxygen atoms in total. The van der Waals surface area contributed by atoms with Gasteiger partial charge in [0.05, 0.1) is 0 Å². The molecule has 0 saturated carbocycles. The Morgan fingerprint density at radius 3 is 2.64 bits per heavy atom. The lowest BCUT2D eigenvalue weighted by Gasteiger charge is -1.99. The zero-order valence-corrected chi connectivity index (χ0v) is 9.41. The fraction of sp³-hybridized carbons (Fsp3) is 0.333. The van der Waals surface area contributed by atoms with Crippen molar-refractivity contribution in [2.24, 2.45) is 4.99 Å². The third-order valence-electron chi connectivity index (χ3n) is 1.60. The Hall–Kier alpha value is -1.44. The van der Waals surface area contributed by atoms with E-state index in [9.17, 15) is 0 Å². The molecule has 0 bridgehead atoms. The molecule has 0 N–H and O–H groups in total. The van der Waals surface area contributed by atoms with Crippen LogP contribution in [0, 0.1) is 6.92 Å². The summed E-state index contributed by atoms with van der Waals surface area (Å²) in [5.74, 6) is 0. The van der Waals surface area contributed by atoms with E-state index in [1.165, 1.54) is 0 Å². The third-order valence-corrected chi connectivity index (χ3v) is 1.60.